The summed E-state index contributed by atoms with van der Waals surface area (Å²) in [7, 11) is 1.51. The van der Waals surface area contributed by atoms with E-state index in [9.17, 15) is 14.4 Å². The first-order valence-corrected chi connectivity index (χ1v) is 9.03. The SMILES string of the molecule is COc1ccc(Cl)cc1N1CC(C(=O)N2CCOC(CC(=O)O)C2)CC1=O. The van der Waals surface area contributed by atoms with Gasteiger partial charge in [-0.25, -0.2) is 0 Å². The van der Waals surface area contributed by atoms with Crippen LogP contribution in [0.5, 0.6) is 5.75 Å². The molecule has 1 N–H and O–H groups in total. The van der Waals surface area contributed by atoms with Gasteiger partial charge in [0.15, 0.2) is 0 Å². The third-order valence-corrected chi connectivity index (χ3v) is 4.99. The van der Waals surface area contributed by atoms with Crippen molar-refractivity contribution in [2.75, 3.05) is 38.3 Å². The van der Waals surface area contributed by atoms with Crippen LogP contribution in [0, 0.1) is 5.92 Å². The van der Waals surface area contributed by atoms with E-state index in [-0.39, 0.29) is 44.4 Å². The normalized spacial score (nSPS) is 22.8. The first kappa shape index (κ1) is 19.4. The molecule has 2 aliphatic rings. The number of halogens is 1. The molecule has 1 aromatic rings. The summed E-state index contributed by atoms with van der Waals surface area (Å²) >= 11 is 6.05. The van der Waals surface area contributed by atoms with Gasteiger partial charge in [-0.2, -0.15) is 0 Å². The van der Waals surface area contributed by atoms with Crippen molar-refractivity contribution in [3.05, 3.63) is 23.2 Å². The van der Waals surface area contributed by atoms with Crippen molar-refractivity contribution in [1.29, 1.82) is 0 Å². The molecule has 0 radical (unpaired) electrons. The summed E-state index contributed by atoms with van der Waals surface area (Å²) in [6, 6.07) is 4.99. The van der Waals surface area contributed by atoms with Crippen LogP contribution in [-0.2, 0) is 19.1 Å². The maximum absolute atomic E-state index is 12.9. The summed E-state index contributed by atoms with van der Waals surface area (Å²) in [5, 5.41) is 9.38. The van der Waals surface area contributed by atoms with Crippen LogP contribution in [0.15, 0.2) is 18.2 Å². The fourth-order valence-corrected chi connectivity index (χ4v) is 3.64. The van der Waals surface area contributed by atoms with Crippen LogP contribution in [0.4, 0.5) is 5.69 Å². The molecule has 27 heavy (non-hydrogen) atoms. The zero-order valence-corrected chi connectivity index (χ0v) is 15.6. The average Bonchev–Trinajstić information content (AvgIpc) is 3.02. The number of carbonyl (C=O) groups is 3. The van der Waals surface area contributed by atoms with Crippen LogP contribution >= 0.6 is 11.6 Å². The fourth-order valence-electron chi connectivity index (χ4n) is 3.48. The maximum Gasteiger partial charge on any atom is 0.306 e. The van der Waals surface area contributed by atoms with Crippen molar-refractivity contribution in [2.24, 2.45) is 5.92 Å². The van der Waals surface area contributed by atoms with Gasteiger partial charge >= 0.3 is 5.97 Å². The minimum absolute atomic E-state index is 0.0927. The first-order valence-electron chi connectivity index (χ1n) is 8.65. The van der Waals surface area contributed by atoms with Gasteiger partial charge in [-0.3, -0.25) is 14.4 Å². The fraction of sp³-hybridized carbons (Fsp3) is 0.500. The first-order chi connectivity index (χ1) is 12.9. The summed E-state index contributed by atoms with van der Waals surface area (Å²) in [5.74, 6) is -1.29. The highest BCUT2D eigenvalue weighted by Gasteiger charge is 2.39. The zero-order chi connectivity index (χ0) is 19.6. The monoisotopic (exact) mass is 396 g/mol. The second-order valence-electron chi connectivity index (χ2n) is 6.60. The lowest BCUT2D eigenvalue weighted by Gasteiger charge is -2.33. The van der Waals surface area contributed by atoms with Gasteiger partial charge in [0.25, 0.3) is 0 Å². The van der Waals surface area contributed by atoms with E-state index in [4.69, 9.17) is 26.2 Å². The van der Waals surface area contributed by atoms with Gasteiger partial charge in [-0.15, -0.1) is 0 Å². The third kappa shape index (κ3) is 4.33. The van der Waals surface area contributed by atoms with Crippen LogP contribution in [-0.4, -0.2) is 67.2 Å². The molecule has 3 rings (SSSR count). The quantitative estimate of drug-likeness (QED) is 0.808. The zero-order valence-electron chi connectivity index (χ0n) is 14.9. The van der Waals surface area contributed by atoms with Gasteiger partial charge in [-0.05, 0) is 18.2 Å². The highest BCUT2D eigenvalue weighted by molar-refractivity contribution is 6.31. The molecule has 0 aromatic heterocycles. The second kappa shape index (κ2) is 8.14. The molecule has 0 aliphatic carbocycles. The summed E-state index contributed by atoms with van der Waals surface area (Å²) in [4.78, 5) is 39.4. The summed E-state index contributed by atoms with van der Waals surface area (Å²) in [6.45, 7) is 1.13. The minimum Gasteiger partial charge on any atom is -0.495 e. The van der Waals surface area contributed by atoms with E-state index in [1.54, 1.807) is 23.1 Å². The van der Waals surface area contributed by atoms with Crippen molar-refractivity contribution < 1.29 is 29.0 Å². The molecule has 2 aliphatic heterocycles. The predicted octanol–water partition coefficient (Wildman–Crippen LogP) is 1.40. The molecule has 2 unspecified atom stereocenters. The van der Waals surface area contributed by atoms with Gasteiger partial charge in [0.2, 0.25) is 11.8 Å². The lowest BCUT2D eigenvalue weighted by molar-refractivity contribution is -0.149. The lowest BCUT2D eigenvalue weighted by Crippen LogP contribution is -2.48. The van der Waals surface area contributed by atoms with E-state index < -0.39 is 18.0 Å². The predicted molar refractivity (Wildman–Crippen MR) is 97.0 cm³/mol. The number of carboxylic acid groups (broad SMARTS) is 1. The molecular formula is C18H21ClN2O6. The Hall–Kier alpha value is -2.32. The highest BCUT2D eigenvalue weighted by atomic mass is 35.5. The van der Waals surface area contributed by atoms with Crippen LogP contribution in [0.25, 0.3) is 0 Å². The van der Waals surface area contributed by atoms with E-state index in [1.165, 1.54) is 12.0 Å². The molecule has 2 amide bonds. The van der Waals surface area contributed by atoms with E-state index in [1.807, 2.05) is 0 Å². The molecule has 8 nitrogen and oxygen atoms in total. The molecule has 2 saturated heterocycles. The number of morpholine rings is 1. The Morgan fingerprint density at radius 1 is 1.37 bits per heavy atom. The smallest absolute Gasteiger partial charge is 0.306 e. The molecule has 146 valence electrons. The van der Waals surface area contributed by atoms with E-state index in [0.29, 0.717) is 23.0 Å². The number of benzene rings is 1. The highest BCUT2D eigenvalue weighted by Crippen LogP contribution is 2.35. The van der Waals surface area contributed by atoms with E-state index in [2.05, 4.69) is 0 Å². The van der Waals surface area contributed by atoms with E-state index >= 15 is 0 Å². The topological polar surface area (TPSA) is 96.4 Å². The number of anilines is 1. The molecule has 2 fully saturated rings. The Morgan fingerprint density at radius 2 is 2.15 bits per heavy atom. The second-order valence-corrected chi connectivity index (χ2v) is 7.03. The number of amides is 2. The number of nitrogens with zero attached hydrogens (tertiary/aromatic N) is 2. The maximum atomic E-state index is 12.9. The standard InChI is InChI=1S/C18H21ClN2O6/c1-26-15-3-2-12(19)7-14(15)21-9-11(6-16(21)22)18(25)20-4-5-27-13(10-20)8-17(23)24/h2-3,7,11,13H,4-6,8-10H2,1H3,(H,23,24). The van der Waals surface area contributed by atoms with Gasteiger partial charge in [-0.1, -0.05) is 11.6 Å². The van der Waals surface area contributed by atoms with Crippen molar-refractivity contribution in [3.63, 3.8) is 0 Å². The molecule has 0 saturated carbocycles. The molecule has 2 atom stereocenters. The number of methoxy groups -OCH3 is 1. The van der Waals surface area contributed by atoms with Crippen LogP contribution in [0.2, 0.25) is 5.02 Å². The third-order valence-electron chi connectivity index (χ3n) is 4.76. The molecule has 0 spiro atoms. The molecular weight excluding hydrogens is 376 g/mol. The number of carbonyl (C=O) groups excluding carboxylic acids is 2. The number of hydrogen-bond acceptors (Lipinski definition) is 5. The minimum atomic E-state index is -0.968. The molecule has 2 heterocycles. The molecule has 0 bridgehead atoms. The van der Waals surface area contributed by atoms with Gasteiger partial charge in [0, 0.05) is 31.1 Å². The number of ether oxygens (including phenoxy) is 2. The van der Waals surface area contributed by atoms with Crippen LogP contribution < -0.4 is 9.64 Å². The largest absolute Gasteiger partial charge is 0.495 e. The average molecular weight is 397 g/mol. The van der Waals surface area contributed by atoms with Gasteiger partial charge in [0.05, 0.1) is 37.8 Å². The number of carboxylic acids is 1. The van der Waals surface area contributed by atoms with Crippen molar-refractivity contribution in [2.45, 2.75) is 18.9 Å². The van der Waals surface area contributed by atoms with Gasteiger partial charge < -0.3 is 24.4 Å². The number of hydrogen-bond donors (Lipinski definition) is 1. The number of aliphatic carboxylic acids is 1. The van der Waals surface area contributed by atoms with Crippen molar-refractivity contribution in [3.8, 4) is 5.75 Å². The van der Waals surface area contributed by atoms with E-state index in [0.717, 1.165) is 0 Å². The summed E-state index contributed by atoms with van der Waals surface area (Å²) < 4.78 is 10.7. The Labute approximate surface area is 161 Å². The molecule has 9 heteroatoms. The number of rotatable bonds is 5. The van der Waals surface area contributed by atoms with Crippen molar-refractivity contribution in [1.82, 2.24) is 4.90 Å². The summed E-state index contributed by atoms with van der Waals surface area (Å²) in [6.07, 6.45) is -0.587. The van der Waals surface area contributed by atoms with Gasteiger partial charge in [0.1, 0.15) is 5.75 Å². The van der Waals surface area contributed by atoms with Crippen LogP contribution in [0.1, 0.15) is 12.8 Å². The Bertz CT molecular complexity index is 755. The van der Waals surface area contributed by atoms with Crippen molar-refractivity contribution >= 4 is 35.1 Å². The van der Waals surface area contributed by atoms with Crippen LogP contribution in [0.3, 0.4) is 0 Å². The Morgan fingerprint density at radius 3 is 2.85 bits per heavy atom. The lowest BCUT2D eigenvalue weighted by atomic mass is 10.1. The Balaban J connectivity index is 1.71. The Kier molecular flexibility index (Phi) is 5.86. The molecule has 1 aromatic carbocycles. The summed E-state index contributed by atoms with van der Waals surface area (Å²) in [5.41, 5.74) is 0.538.